The van der Waals surface area contributed by atoms with Gasteiger partial charge in [0.25, 0.3) is 0 Å². The van der Waals surface area contributed by atoms with Crippen molar-refractivity contribution in [2.24, 2.45) is 0 Å². The summed E-state index contributed by atoms with van der Waals surface area (Å²) in [6.45, 7) is 7.16. The highest BCUT2D eigenvalue weighted by molar-refractivity contribution is 7.71. The summed E-state index contributed by atoms with van der Waals surface area (Å²) in [5.41, 5.74) is 2.27. The van der Waals surface area contributed by atoms with Crippen LogP contribution in [0.15, 0.2) is 30.3 Å². The Balaban J connectivity index is 2.34. The first-order chi connectivity index (χ1) is 8.38. The lowest BCUT2D eigenvalue weighted by molar-refractivity contribution is 0.544. The molecule has 0 bridgehead atoms. The fourth-order valence-electron chi connectivity index (χ4n) is 1.73. The Morgan fingerprint density at radius 3 is 2.50 bits per heavy atom. The third-order valence-corrected chi connectivity index (χ3v) is 3.59. The van der Waals surface area contributed by atoms with Crippen LogP contribution in [0.25, 0.3) is 0 Å². The zero-order valence-electron chi connectivity index (χ0n) is 10.8. The molecule has 0 radical (unpaired) electrons. The molecule has 0 fully saturated rings. The molecule has 18 heavy (non-hydrogen) atoms. The Morgan fingerprint density at radius 1 is 1.28 bits per heavy atom. The molecular weight excluding hydrogens is 264 g/mol. The van der Waals surface area contributed by atoms with Crippen molar-refractivity contribution in [3.63, 3.8) is 0 Å². The van der Waals surface area contributed by atoms with Gasteiger partial charge in [0.1, 0.15) is 4.64 Å². The molecule has 1 heterocycles. The molecule has 0 amide bonds. The average molecular weight is 281 g/mol. The van der Waals surface area contributed by atoms with Crippen LogP contribution in [-0.4, -0.2) is 9.78 Å². The van der Waals surface area contributed by atoms with Gasteiger partial charge >= 0.3 is 0 Å². The molecule has 0 aliphatic heterocycles. The predicted octanol–water partition coefficient (Wildman–Crippen LogP) is 4.54. The number of rotatable bonds is 2. The summed E-state index contributed by atoms with van der Waals surface area (Å²) < 4.78 is 2.76. The van der Waals surface area contributed by atoms with Crippen molar-refractivity contribution in [2.45, 2.75) is 32.7 Å². The van der Waals surface area contributed by atoms with Crippen molar-refractivity contribution >= 4 is 23.8 Å². The summed E-state index contributed by atoms with van der Waals surface area (Å²) in [7, 11) is 0. The van der Waals surface area contributed by atoms with Crippen molar-refractivity contribution in [1.82, 2.24) is 9.78 Å². The van der Waals surface area contributed by atoms with Crippen LogP contribution in [0.4, 0.5) is 0 Å². The van der Waals surface area contributed by atoms with E-state index in [1.165, 1.54) is 0 Å². The average Bonchev–Trinajstić information content (AvgIpc) is 2.63. The summed E-state index contributed by atoms with van der Waals surface area (Å²) in [5.74, 6) is 0. The van der Waals surface area contributed by atoms with E-state index < -0.39 is 0 Å². The topological polar surface area (TPSA) is 20.7 Å². The second kappa shape index (κ2) is 4.90. The summed E-state index contributed by atoms with van der Waals surface area (Å²) in [5, 5.41) is 4.12. The molecule has 0 saturated heterocycles. The lowest BCUT2D eigenvalue weighted by Crippen LogP contribution is -2.13. The maximum atomic E-state index is 6.16. The minimum atomic E-state index is 0.0687. The minimum Gasteiger partial charge on any atom is -0.301 e. The lowest BCUT2D eigenvalue weighted by Gasteiger charge is -2.15. The molecule has 2 aromatic rings. The third-order valence-electron chi connectivity index (χ3n) is 2.88. The highest BCUT2D eigenvalue weighted by Crippen LogP contribution is 2.22. The highest BCUT2D eigenvalue weighted by atomic mass is 35.5. The number of aromatic amines is 1. The van der Waals surface area contributed by atoms with Gasteiger partial charge in [0, 0.05) is 16.1 Å². The summed E-state index contributed by atoms with van der Waals surface area (Å²) in [6, 6.07) is 9.85. The van der Waals surface area contributed by atoms with Crippen LogP contribution in [0.5, 0.6) is 0 Å². The zero-order valence-corrected chi connectivity index (χ0v) is 12.4. The molecule has 0 aliphatic rings. The van der Waals surface area contributed by atoms with Gasteiger partial charge in [-0.3, -0.25) is 4.68 Å². The van der Waals surface area contributed by atoms with Crippen LogP contribution in [0.1, 0.15) is 32.0 Å². The Bertz CT molecular complexity index is 605. The molecule has 0 atom stereocenters. The monoisotopic (exact) mass is 280 g/mol. The smallest absolute Gasteiger partial charge is 0.122 e. The van der Waals surface area contributed by atoms with Gasteiger partial charge in [-0.05, 0) is 17.7 Å². The maximum absolute atomic E-state index is 6.16. The van der Waals surface area contributed by atoms with Gasteiger partial charge in [-0.2, -0.15) is 0 Å². The number of aromatic nitrogens is 2. The molecule has 1 aromatic heterocycles. The Morgan fingerprint density at radius 2 is 1.94 bits per heavy atom. The van der Waals surface area contributed by atoms with E-state index >= 15 is 0 Å². The van der Waals surface area contributed by atoms with Gasteiger partial charge in [-0.1, -0.05) is 62.8 Å². The highest BCUT2D eigenvalue weighted by Gasteiger charge is 2.16. The minimum absolute atomic E-state index is 0.0687. The van der Waals surface area contributed by atoms with Crippen LogP contribution < -0.4 is 0 Å². The van der Waals surface area contributed by atoms with Crippen LogP contribution in [0.3, 0.4) is 0 Å². The van der Waals surface area contributed by atoms with Crippen molar-refractivity contribution < 1.29 is 0 Å². The number of hydrogen-bond acceptors (Lipinski definition) is 1. The van der Waals surface area contributed by atoms with Gasteiger partial charge in [0.05, 0.1) is 6.54 Å². The number of nitrogens with zero attached hydrogens (tertiary/aromatic N) is 1. The first kappa shape index (κ1) is 13.4. The number of hydrogen-bond donors (Lipinski definition) is 1. The van der Waals surface area contributed by atoms with E-state index in [1.807, 2.05) is 35.0 Å². The molecule has 1 aromatic carbocycles. The van der Waals surface area contributed by atoms with E-state index in [9.17, 15) is 0 Å². The number of benzene rings is 1. The summed E-state index contributed by atoms with van der Waals surface area (Å²) >= 11 is 11.5. The maximum Gasteiger partial charge on any atom is 0.122 e. The zero-order chi connectivity index (χ0) is 13.3. The van der Waals surface area contributed by atoms with Crippen LogP contribution in [0, 0.1) is 4.64 Å². The molecule has 0 spiro atoms. The van der Waals surface area contributed by atoms with Crippen LogP contribution >= 0.6 is 23.8 Å². The molecule has 0 unspecified atom stereocenters. The third kappa shape index (κ3) is 2.85. The molecule has 4 heteroatoms. The van der Waals surface area contributed by atoms with Crippen molar-refractivity contribution in [3.05, 3.63) is 51.3 Å². The van der Waals surface area contributed by atoms with Crippen LogP contribution in [-0.2, 0) is 12.0 Å². The van der Waals surface area contributed by atoms with E-state index in [4.69, 9.17) is 23.8 Å². The fourth-order valence-corrected chi connectivity index (χ4v) is 2.16. The van der Waals surface area contributed by atoms with Gasteiger partial charge in [-0.25, -0.2) is 0 Å². The first-order valence-corrected chi connectivity index (χ1v) is 6.70. The van der Waals surface area contributed by atoms with Gasteiger partial charge in [-0.15, -0.1) is 0 Å². The Kier molecular flexibility index (Phi) is 3.64. The molecule has 0 aliphatic carbocycles. The number of halogens is 1. The van der Waals surface area contributed by atoms with Crippen molar-refractivity contribution in [2.75, 3.05) is 0 Å². The van der Waals surface area contributed by atoms with E-state index in [0.717, 1.165) is 20.9 Å². The van der Waals surface area contributed by atoms with E-state index in [2.05, 4.69) is 25.9 Å². The predicted molar refractivity (Wildman–Crippen MR) is 78.9 cm³/mol. The number of H-pyrrole nitrogens is 1. The second-order valence-corrected chi connectivity index (χ2v) is 6.26. The molecular formula is C14H17ClN2S. The van der Waals surface area contributed by atoms with Gasteiger partial charge in [0.2, 0.25) is 0 Å². The Labute approximate surface area is 118 Å². The lowest BCUT2D eigenvalue weighted by atomic mass is 9.93. The number of nitrogens with one attached hydrogen (secondary N) is 1. The summed E-state index contributed by atoms with van der Waals surface area (Å²) in [4.78, 5) is 0. The fraction of sp³-hybridized carbons (Fsp3) is 0.357. The van der Waals surface area contributed by atoms with E-state index in [1.54, 1.807) is 0 Å². The SMILES string of the molecule is CC(C)(C)c1cc(=S)n(Cc2ccccc2Cl)[nH]1. The second-order valence-electron chi connectivity index (χ2n) is 5.44. The molecule has 1 N–H and O–H groups in total. The van der Waals surface area contributed by atoms with Crippen LogP contribution in [0.2, 0.25) is 5.02 Å². The van der Waals surface area contributed by atoms with E-state index in [-0.39, 0.29) is 5.41 Å². The molecule has 0 saturated carbocycles. The van der Waals surface area contributed by atoms with E-state index in [0.29, 0.717) is 6.54 Å². The Hall–Kier alpha value is -1.06. The first-order valence-electron chi connectivity index (χ1n) is 5.91. The van der Waals surface area contributed by atoms with Crippen molar-refractivity contribution in [1.29, 1.82) is 0 Å². The quantitative estimate of drug-likeness (QED) is 0.801. The molecule has 96 valence electrons. The van der Waals surface area contributed by atoms with Gasteiger partial charge < -0.3 is 5.10 Å². The summed E-state index contributed by atoms with van der Waals surface area (Å²) in [6.07, 6.45) is 0. The molecule has 2 rings (SSSR count). The van der Waals surface area contributed by atoms with Crippen molar-refractivity contribution in [3.8, 4) is 0 Å². The largest absolute Gasteiger partial charge is 0.301 e. The van der Waals surface area contributed by atoms with Gasteiger partial charge in [0.15, 0.2) is 0 Å². The standard InChI is InChI=1S/C14H17ClN2S/c1-14(2,3)12-8-13(18)17(16-12)9-10-6-4-5-7-11(10)15/h4-8,16H,9H2,1-3H3. The molecule has 2 nitrogen and oxygen atoms in total. The normalized spacial score (nSPS) is 11.8.